The topological polar surface area (TPSA) is 61.4 Å². The van der Waals surface area contributed by atoms with E-state index in [1.807, 2.05) is 22.6 Å². The minimum atomic E-state index is -1.47. The molecule has 212 valence electrons. The third-order valence-corrected chi connectivity index (χ3v) is 7.59. The van der Waals surface area contributed by atoms with Crippen molar-refractivity contribution in [3.63, 3.8) is 0 Å². The molecule has 4 rings (SSSR count). The van der Waals surface area contributed by atoms with Crippen LogP contribution >= 0.6 is 45.8 Å². The molecule has 0 aromatic carbocycles. The molecule has 0 saturated heterocycles. The fraction of sp³-hybridized carbons (Fsp3) is 0.259. The van der Waals surface area contributed by atoms with Crippen molar-refractivity contribution in [2.75, 3.05) is 0 Å². The molecule has 0 spiro atoms. The molecule has 0 aliphatic heterocycles. The number of aromatic nitrogens is 6. The first-order valence-electron chi connectivity index (χ1n) is 11.5. The Bertz CT molecular complexity index is 1470. The Balaban J connectivity index is 0.000000335. The van der Waals surface area contributed by atoms with Crippen LogP contribution in [0.5, 0.6) is 0 Å². The molecule has 0 amide bonds. The van der Waals surface area contributed by atoms with Crippen LogP contribution in [0.3, 0.4) is 0 Å². The molecular weight excluding hydrogens is 700 g/mol. The zero-order chi connectivity index (χ0) is 29.4. The summed E-state index contributed by atoms with van der Waals surface area (Å²) < 4.78 is 29.1. The van der Waals surface area contributed by atoms with Crippen LogP contribution in [0.4, 0.5) is 8.78 Å². The smallest absolute Gasteiger partial charge is 0.153 e. The largest absolute Gasteiger partial charge is 0.234 e. The van der Waals surface area contributed by atoms with Crippen LogP contribution in [0.25, 0.3) is 11.6 Å². The molecule has 0 fully saturated rings. The summed E-state index contributed by atoms with van der Waals surface area (Å²) in [5.74, 6) is 3.28. The van der Waals surface area contributed by atoms with Gasteiger partial charge >= 0.3 is 0 Å². The maximum Gasteiger partial charge on any atom is 0.153 e. The van der Waals surface area contributed by atoms with Gasteiger partial charge in [0, 0.05) is 0 Å². The van der Waals surface area contributed by atoms with Gasteiger partial charge in [0.15, 0.2) is 17.3 Å². The highest BCUT2D eigenvalue weighted by Gasteiger charge is 2.11. The first kappa shape index (κ1) is 35.5. The number of halogens is 5. The third-order valence-electron chi connectivity index (χ3n) is 4.18. The van der Waals surface area contributed by atoms with Crippen molar-refractivity contribution >= 4 is 61.9 Å². The molecule has 40 heavy (non-hydrogen) atoms. The molecule has 0 aliphatic rings. The maximum atomic E-state index is 12.8. The molecule has 0 radical (unpaired) electrons. The zero-order valence-electron chi connectivity index (χ0n) is 22.3. The van der Waals surface area contributed by atoms with E-state index in [-0.39, 0.29) is 19.1 Å². The van der Waals surface area contributed by atoms with Crippen molar-refractivity contribution in [1.29, 1.82) is 0 Å². The predicted molar refractivity (Wildman–Crippen MR) is 175 cm³/mol. The zero-order valence-corrected chi connectivity index (χ0v) is 27.9. The second-order valence-corrected chi connectivity index (χ2v) is 21.4. The van der Waals surface area contributed by atoms with Crippen molar-refractivity contribution in [1.82, 2.24) is 29.5 Å². The summed E-state index contributed by atoms with van der Waals surface area (Å²) in [6.07, 6.45) is 10.6. The molecule has 4 heterocycles. The average Bonchev–Trinajstić information content (AvgIpc) is 3.40. The molecule has 0 saturated carbocycles. The van der Waals surface area contributed by atoms with Gasteiger partial charge in [0.05, 0.1) is 34.8 Å². The second-order valence-electron chi connectivity index (χ2n) is 10.0. The van der Waals surface area contributed by atoms with Gasteiger partial charge in [0.2, 0.25) is 0 Å². The molecule has 0 unspecified atom stereocenters. The minimum Gasteiger partial charge on any atom is -0.234 e. The quantitative estimate of drug-likeness (QED) is 0.119. The minimum absolute atomic E-state index is 0. The van der Waals surface area contributed by atoms with Crippen LogP contribution in [0.1, 0.15) is 13.1 Å². The van der Waals surface area contributed by atoms with Gasteiger partial charge < -0.3 is 0 Å². The highest BCUT2D eigenvalue weighted by atomic mass is 127. The van der Waals surface area contributed by atoms with E-state index < -0.39 is 16.1 Å². The summed E-state index contributed by atoms with van der Waals surface area (Å²) in [4.78, 5) is 7.81. The molecule has 0 bridgehead atoms. The summed E-state index contributed by atoms with van der Waals surface area (Å²) in [5, 5.41) is 9.38. The van der Waals surface area contributed by atoms with E-state index in [2.05, 4.69) is 76.5 Å². The Kier molecular flexibility index (Phi) is 13.7. The summed E-state index contributed by atoms with van der Waals surface area (Å²) in [5.41, 5.74) is 6.47. The lowest BCUT2D eigenvalue weighted by molar-refractivity contribution is 0.618. The molecule has 0 atom stereocenters. The molecule has 6 nitrogen and oxygen atoms in total. The number of hydrogen-bond acceptors (Lipinski definition) is 4. The van der Waals surface area contributed by atoms with E-state index in [9.17, 15) is 8.78 Å². The molecule has 13 heteroatoms. The molecular formula is C27H31Cl2F2IN6Si2. The Labute approximate surface area is 260 Å². The Morgan fingerprint density at radius 1 is 0.800 bits per heavy atom. The van der Waals surface area contributed by atoms with Gasteiger partial charge in [0.25, 0.3) is 0 Å². The van der Waals surface area contributed by atoms with E-state index in [4.69, 9.17) is 29.6 Å². The Morgan fingerprint density at radius 2 is 1.25 bits per heavy atom. The van der Waals surface area contributed by atoms with Crippen LogP contribution in [0, 0.1) is 38.8 Å². The molecule has 0 N–H and O–H groups in total. The van der Waals surface area contributed by atoms with Crippen molar-refractivity contribution in [3.05, 3.63) is 80.1 Å². The SMILES string of the molecule is C.C#C[Si](C)(C)C.C[Si](C)(C)C#Cc1nn(-c2ccc(F)cn2)cc1Cl.Fc1ccc(-n2cc(Cl)c(I)n2)nc1. The summed E-state index contributed by atoms with van der Waals surface area (Å²) >= 11 is 13.9. The lowest BCUT2D eigenvalue weighted by Gasteiger charge is -2.02. The van der Waals surface area contributed by atoms with Gasteiger partial charge in [0.1, 0.15) is 31.5 Å². The van der Waals surface area contributed by atoms with Crippen molar-refractivity contribution < 1.29 is 8.78 Å². The number of nitrogens with zero attached hydrogens (tertiary/aromatic N) is 6. The summed E-state index contributed by atoms with van der Waals surface area (Å²) in [7, 11) is -2.58. The number of rotatable bonds is 2. The first-order valence-corrected chi connectivity index (χ1v) is 20.3. The maximum absolute atomic E-state index is 12.8. The van der Waals surface area contributed by atoms with Gasteiger partial charge in [-0.2, -0.15) is 10.2 Å². The van der Waals surface area contributed by atoms with E-state index in [1.165, 1.54) is 33.6 Å². The number of pyridine rings is 2. The fourth-order valence-corrected chi connectivity index (χ4v) is 3.43. The third kappa shape index (κ3) is 12.3. The van der Waals surface area contributed by atoms with Crippen LogP contribution in [-0.4, -0.2) is 45.7 Å². The van der Waals surface area contributed by atoms with E-state index >= 15 is 0 Å². The number of hydrogen-bond donors (Lipinski definition) is 0. The predicted octanol–water partition coefficient (Wildman–Crippen LogP) is 8.09. The van der Waals surface area contributed by atoms with Crippen molar-refractivity contribution in [2.24, 2.45) is 0 Å². The Hall–Kier alpha value is -2.56. The standard InChI is InChI=1S/C13H13ClFN3Si.C8H4ClFIN3.C5H10Si.CH4/c1-19(2,3)7-6-12-11(14)9-18(17-12)13-5-4-10(15)8-16-13;9-6-4-14(13-8(6)11)7-2-1-5(10)3-12-7;1-5-6(2,3)4;/h4-5,8-9H,1-3H3;1-4H;1H,2-4H3;1H4. The number of terminal acetylenes is 1. The normalized spacial score (nSPS) is 10.4. The van der Waals surface area contributed by atoms with Gasteiger partial charge in [-0.3, -0.25) is 0 Å². The second kappa shape index (κ2) is 15.4. The van der Waals surface area contributed by atoms with E-state index in [0.29, 0.717) is 31.1 Å². The van der Waals surface area contributed by atoms with Gasteiger partial charge in [-0.15, -0.1) is 17.5 Å². The van der Waals surface area contributed by atoms with Crippen LogP contribution in [0.15, 0.2) is 49.1 Å². The molecule has 4 aromatic rings. The average molecular weight is 732 g/mol. The summed E-state index contributed by atoms with van der Waals surface area (Å²) in [6, 6.07) is 5.72. The van der Waals surface area contributed by atoms with Gasteiger partial charge in [-0.25, -0.2) is 28.1 Å². The molecule has 4 aromatic heterocycles. The molecule has 0 aliphatic carbocycles. The monoisotopic (exact) mass is 730 g/mol. The first-order chi connectivity index (χ1) is 18.1. The van der Waals surface area contributed by atoms with Crippen LogP contribution < -0.4 is 0 Å². The Morgan fingerprint density at radius 3 is 1.60 bits per heavy atom. The lowest BCUT2D eigenvalue weighted by Crippen LogP contribution is -2.16. The van der Waals surface area contributed by atoms with Gasteiger partial charge in [-0.1, -0.05) is 75.8 Å². The lowest BCUT2D eigenvalue weighted by atomic mass is 10.4. The summed E-state index contributed by atoms with van der Waals surface area (Å²) in [6.45, 7) is 12.9. The highest BCUT2D eigenvalue weighted by Crippen LogP contribution is 2.18. The van der Waals surface area contributed by atoms with E-state index in [0.717, 1.165) is 12.4 Å². The van der Waals surface area contributed by atoms with Crippen molar-refractivity contribution in [3.8, 4) is 35.1 Å². The van der Waals surface area contributed by atoms with Crippen LogP contribution in [0.2, 0.25) is 49.3 Å². The highest BCUT2D eigenvalue weighted by molar-refractivity contribution is 14.1. The fourth-order valence-electron chi connectivity index (χ4n) is 2.26. The van der Waals surface area contributed by atoms with Gasteiger partial charge in [-0.05, 0) is 46.9 Å². The van der Waals surface area contributed by atoms with Crippen molar-refractivity contribution in [2.45, 2.75) is 46.7 Å². The van der Waals surface area contributed by atoms with Crippen LogP contribution in [-0.2, 0) is 0 Å². The van der Waals surface area contributed by atoms with E-state index in [1.54, 1.807) is 12.4 Å².